The Balaban J connectivity index is 2.03. The van der Waals surface area contributed by atoms with Crippen LogP contribution in [0.5, 0.6) is 0 Å². The van der Waals surface area contributed by atoms with Crippen LogP contribution in [0.3, 0.4) is 0 Å². The van der Waals surface area contributed by atoms with Crippen LogP contribution in [-0.4, -0.2) is 18.2 Å². The number of alkyl carbamates (subject to hydrolysis) is 1. The van der Waals surface area contributed by atoms with Crippen molar-refractivity contribution in [2.45, 2.75) is 58.1 Å². The maximum atomic E-state index is 11.4. The van der Waals surface area contributed by atoms with Gasteiger partial charge < -0.3 is 10.1 Å². The lowest BCUT2D eigenvalue weighted by atomic mass is 9.78. The van der Waals surface area contributed by atoms with Crippen molar-refractivity contribution in [3.63, 3.8) is 0 Å². The predicted octanol–water partition coefficient (Wildman–Crippen LogP) is 2.70. The van der Waals surface area contributed by atoms with Gasteiger partial charge in [0.2, 0.25) is 0 Å². The van der Waals surface area contributed by atoms with Gasteiger partial charge in [-0.15, -0.1) is 0 Å². The standard InChI is InChI=1S/C12H21NO2/c1-8(2)7-10-9-5-3-4-6-11(9)15-12(14)13-10/h8-11H,3-7H2,1-2H3,(H,13,14). The Labute approximate surface area is 91.6 Å². The van der Waals surface area contributed by atoms with E-state index in [1.54, 1.807) is 0 Å². The number of nitrogens with one attached hydrogen (secondary N) is 1. The Hall–Kier alpha value is -0.730. The molecule has 2 rings (SSSR count). The van der Waals surface area contributed by atoms with Crippen molar-refractivity contribution in [1.82, 2.24) is 5.32 Å². The number of carbonyl (C=O) groups is 1. The van der Waals surface area contributed by atoms with Crippen molar-refractivity contribution in [2.75, 3.05) is 0 Å². The maximum Gasteiger partial charge on any atom is 0.407 e. The van der Waals surface area contributed by atoms with Gasteiger partial charge in [-0.05, 0) is 31.6 Å². The molecule has 3 heteroatoms. The van der Waals surface area contributed by atoms with E-state index >= 15 is 0 Å². The SMILES string of the molecule is CC(C)CC1NC(=O)OC2CCCCC12. The quantitative estimate of drug-likeness (QED) is 0.762. The van der Waals surface area contributed by atoms with Gasteiger partial charge in [0.15, 0.2) is 0 Å². The van der Waals surface area contributed by atoms with Crippen LogP contribution in [0.4, 0.5) is 4.79 Å². The van der Waals surface area contributed by atoms with Gasteiger partial charge >= 0.3 is 6.09 Å². The first-order valence-corrected chi connectivity index (χ1v) is 6.14. The summed E-state index contributed by atoms with van der Waals surface area (Å²) in [5, 5.41) is 2.99. The van der Waals surface area contributed by atoms with Crippen molar-refractivity contribution in [1.29, 1.82) is 0 Å². The third kappa shape index (κ3) is 2.44. The van der Waals surface area contributed by atoms with Crippen LogP contribution in [0, 0.1) is 11.8 Å². The molecule has 1 aliphatic heterocycles. The summed E-state index contributed by atoms with van der Waals surface area (Å²) in [4.78, 5) is 11.4. The molecule has 0 radical (unpaired) electrons. The molecule has 3 unspecified atom stereocenters. The van der Waals surface area contributed by atoms with Crippen LogP contribution in [0.2, 0.25) is 0 Å². The zero-order chi connectivity index (χ0) is 10.8. The molecule has 2 aliphatic rings. The number of fused-ring (bicyclic) bond motifs is 1. The van der Waals surface area contributed by atoms with Gasteiger partial charge in [0, 0.05) is 12.0 Å². The maximum absolute atomic E-state index is 11.4. The van der Waals surface area contributed by atoms with Crippen LogP contribution < -0.4 is 5.32 Å². The van der Waals surface area contributed by atoms with E-state index < -0.39 is 0 Å². The van der Waals surface area contributed by atoms with E-state index in [2.05, 4.69) is 19.2 Å². The van der Waals surface area contributed by atoms with E-state index in [4.69, 9.17) is 4.74 Å². The first kappa shape index (κ1) is 10.8. The lowest BCUT2D eigenvalue weighted by molar-refractivity contribution is -0.0107. The second-order valence-corrected chi connectivity index (χ2v) is 5.27. The second kappa shape index (κ2) is 4.42. The average Bonchev–Trinajstić information content (AvgIpc) is 2.16. The van der Waals surface area contributed by atoms with Gasteiger partial charge in [-0.1, -0.05) is 20.3 Å². The van der Waals surface area contributed by atoms with Gasteiger partial charge in [0.1, 0.15) is 6.10 Å². The highest BCUT2D eigenvalue weighted by Gasteiger charge is 2.39. The summed E-state index contributed by atoms with van der Waals surface area (Å²) >= 11 is 0. The number of ether oxygens (including phenoxy) is 1. The third-order valence-corrected chi connectivity index (χ3v) is 3.56. The van der Waals surface area contributed by atoms with Crippen molar-refractivity contribution in [3.8, 4) is 0 Å². The second-order valence-electron chi connectivity index (χ2n) is 5.27. The molecule has 2 fully saturated rings. The number of carbonyl (C=O) groups excluding carboxylic acids is 1. The zero-order valence-corrected chi connectivity index (χ0v) is 9.66. The van der Waals surface area contributed by atoms with E-state index in [-0.39, 0.29) is 12.2 Å². The molecule has 1 aliphatic carbocycles. The van der Waals surface area contributed by atoms with Gasteiger partial charge in [-0.25, -0.2) is 4.79 Å². The molecule has 1 saturated heterocycles. The molecule has 0 aromatic heterocycles. The Kier molecular flexibility index (Phi) is 3.17. The van der Waals surface area contributed by atoms with Gasteiger partial charge in [-0.2, -0.15) is 0 Å². The van der Waals surface area contributed by atoms with Crippen molar-refractivity contribution in [3.05, 3.63) is 0 Å². The first-order chi connectivity index (χ1) is 7.16. The van der Waals surface area contributed by atoms with E-state index in [9.17, 15) is 4.79 Å². The fourth-order valence-corrected chi connectivity index (χ4v) is 2.90. The van der Waals surface area contributed by atoms with E-state index in [0.717, 1.165) is 12.8 Å². The first-order valence-electron chi connectivity index (χ1n) is 6.14. The molecule has 0 spiro atoms. The monoisotopic (exact) mass is 211 g/mol. The molecule has 1 saturated carbocycles. The number of hydrogen-bond acceptors (Lipinski definition) is 2. The minimum absolute atomic E-state index is 0.191. The van der Waals surface area contributed by atoms with Crippen LogP contribution in [-0.2, 0) is 4.74 Å². The minimum Gasteiger partial charge on any atom is -0.446 e. The van der Waals surface area contributed by atoms with Crippen LogP contribution in [0.15, 0.2) is 0 Å². The highest BCUT2D eigenvalue weighted by atomic mass is 16.6. The van der Waals surface area contributed by atoms with Crippen molar-refractivity contribution in [2.24, 2.45) is 11.8 Å². The largest absolute Gasteiger partial charge is 0.446 e. The Morgan fingerprint density at radius 1 is 1.40 bits per heavy atom. The molecule has 1 N–H and O–H groups in total. The highest BCUT2D eigenvalue weighted by Crippen LogP contribution is 2.34. The molecular weight excluding hydrogens is 190 g/mol. The van der Waals surface area contributed by atoms with Gasteiger partial charge in [-0.3, -0.25) is 0 Å². The topological polar surface area (TPSA) is 38.3 Å². The molecule has 0 bridgehead atoms. The summed E-state index contributed by atoms with van der Waals surface area (Å²) in [5.74, 6) is 1.19. The predicted molar refractivity (Wildman–Crippen MR) is 58.6 cm³/mol. The Morgan fingerprint density at radius 3 is 2.87 bits per heavy atom. The molecule has 0 aromatic carbocycles. The molecule has 3 atom stereocenters. The lowest BCUT2D eigenvalue weighted by Crippen LogP contribution is -2.54. The summed E-state index contributed by atoms with van der Waals surface area (Å²) in [7, 11) is 0. The molecular formula is C12H21NO2. The van der Waals surface area contributed by atoms with Crippen molar-refractivity contribution >= 4 is 6.09 Å². The summed E-state index contributed by atoms with van der Waals surface area (Å²) in [6.07, 6.45) is 5.84. The average molecular weight is 211 g/mol. The Bertz CT molecular complexity index is 240. The lowest BCUT2D eigenvalue weighted by Gasteiger charge is -2.41. The van der Waals surface area contributed by atoms with Gasteiger partial charge in [0.25, 0.3) is 0 Å². The fraction of sp³-hybridized carbons (Fsp3) is 0.917. The summed E-state index contributed by atoms with van der Waals surface area (Å²) < 4.78 is 5.35. The smallest absolute Gasteiger partial charge is 0.407 e. The Morgan fingerprint density at radius 2 is 2.13 bits per heavy atom. The third-order valence-electron chi connectivity index (χ3n) is 3.56. The van der Waals surface area contributed by atoms with Crippen molar-refractivity contribution < 1.29 is 9.53 Å². The summed E-state index contributed by atoms with van der Waals surface area (Å²) in [6, 6.07) is 0.344. The number of amides is 1. The molecule has 0 aromatic rings. The number of rotatable bonds is 2. The zero-order valence-electron chi connectivity index (χ0n) is 9.66. The molecule has 1 heterocycles. The summed E-state index contributed by atoms with van der Waals surface area (Å²) in [6.45, 7) is 4.42. The molecule has 1 amide bonds. The molecule has 15 heavy (non-hydrogen) atoms. The van der Waals surface area contributed by atoms with Crippen LogP contribution in [0.25, 0.3) is 0 Å². The van der Waals surface area contributed by atoms with E-state index in [1.807, 2.05) is 0 Å². The van der Waals surface area contributed by atoms with E-state index in [0.29, 0.717) is 17.9 Å². The normalized spacial score (nSPS) is 35.7. The summed E-state index contributed by atoms with van der Waals surface area (Å²) in [5.41, 5.74) is 0. The van der Waals surface area contributed by atoms with E-state index in [1.165, 1.54) is 19.3 Å². The minimum atomic E-state index is -0.205. The molecule has 3 nitrogen and oxygen atoms in total. The number of hydrogen-bond donors (Lipinski definition) is 1. The van der Waals surface area contributed by atoms with Crippen LogP contribution >= 0.6 is 0 Å². The fourth-order valence-electron chi connectivity index (χ4n) is 2.90. The van der Waals surface area contributed by atoms with Gasteiger partial charge in [0.05, 0.1) is 0 Å². The highest BCUT2D eigenvalue weighted by molar-refractivity contribution is 5.68. The van der Waals surface area contributed by atoms with Crippen LogP contribution in [0.1, 0.15) is 46.0 Å². The molecule has 86 valence electrons.